The van der Waals surface area contributed by atoms with Gasteiger partial charge in [0.15, 0.2) is 5.16 Å². The highest BCUT2D eigenvalue weighted by Crippen LogP contribution is 2.23. The van der Waals surface area contributed by atoms with Crippen LogP contribution in [0.3, 0.4) is 0 Å². The molecule has 0 fully saturated rings. The Balaban J connectivity index is 1.72. The second-order valence-electron chi connectivity index (χ2n) is 4.31. The van der Waals surface area contributed by atoms with E-state index in [1.807, 2.05) is 0 Å². The summed E-state index contributed by atoms with van der Waals surface area (Å²) in [6.07, 6.45) is 1.54. The molecule has 0 aliphatic heterocycles. The molecule has 0 radical (unpaired) electrons. The molecule has 3 rings (SSSR count). The summed E-state index contributed by atoms with van der Waals surface area (Å²) in [6, 6.07) is 5.92. The molecule has 1 aromatic carbocycles. The molecule has 108 valence electrons. The van der Waals surface area contributed by atoms with Crippen LogP contribution in [-0.4, -0.2) is 19.7 Å². The fourth-order valence-corrected chi connectivity index (χ4v) is 2.49. The maximum atomic E-state index is 12.9. The number of nitrogens with zero attached hydrogens (tertiary/aromatic N) is 3. The molecule has 0 bridgehead atoms. The van der Waals surface area contributed by atoms with Crippen LogP contribution in [0.25, 0.3) is 11.5 Å². The molecule has 0 saturated carbocycles. The van der Waals surface area contributed by atoms with Crippen molar-refractivity contribution in [3.05, 3.63) is 52.5 Å². The number of nitrogens with one attached hydrogen (secondary N) is 1. The van der Waals surface area contributed by atoms with Gasteiger partial charge in [0.25, 0.3) is 0 Å². The van der Waals surface area contributed by atoms with E-state index >= 15 is 0 Å². The third-order valence-electron chi connectivity index (χ3n) is 2.83. The summed E-state index contributed by atoms with van der Waals surface area (Å²) in [7, 11) is 1.64. The molecule has 0 aliphatic carbocycles. The Morgan fingerprint density at radius 1 is 1.38 bits per heavy atom. The van der Waals surface area contributed by atoms with Crippen molar-refractivity contribution in [1.29, 1.82) is 0 Å². The number of H-pyrrole nitrogens is 1. The van der Waals surface area contributed by atoms with Crippen LogP contribution in [0.4, 0.5) is 4.39 Å². The lowest BCUT2D eigenvalue weighted by Gasteiger charge is -1.96. The Bertz CT molecular complexity index is 806. The smallest absolute Gasteiger partial charge is 0.343 e. The zero-order valence-electron chi connectivity index (χ0n) is 11.0. The van der Waals surface area contributed by atoms with Gasteiger partial charge in [-0.3, -0.25) is 4.57 Å². The van der Waals surface area contributed by atoms with E-state index < -0.39 is 0 Å². The fourth-order valence-electron chi connectivity index (χ4n) is 1.70. The highest BCUT2D eigenvalue weighted by Gasteiger charge is 2.10. The minimum Gasteiger partial charge on any atom is -0.444 e. The minimum atomic E-state index is -0.305. The molecule has 0 spiro atoms. The Labute approximate surface area is 123 Å². The number of thioether (sulfide) groups is 1. The van der Waals surface area contributed by atoms with Gasteiger partial charge in [0.2, 0.25) is 5.89 Å². The van der Waals surface area contributed by atoms with Crippen LogP contribution in [0, 0.1) is 5.82 Å². The third-order valence-corrected chi connectivity index (χ3v) is 3.89. The average Bonchev–Trinajstić information content (AvgIpc) is 3.07. The van der Waals surface area contributed by atoms with Gasteiger partial charge in [-0.05, 0) is 24.3 Å². The Morgan fingerprint density at radius 3 is 2.81 bits per heavy atom. The number of aromatic nitrogens is 4. The van der Waals surface area contributed by atoms with Crippen LogP contribution in [-0.2, 0) is 12.8 Å². The third kappa shape index (κ3) is 2.89. The molecule has 0 atom stereocenters. The summed E-state index contributed by atoms with van der Waals surface area (Å²) >= 11 is 1.37. The number of oxazole rings is 1. The van der Waals surface area contributed by atoms with E-state index in [0.717, 1.165) is 5.69 Å². The first kappa shape index (κ1) is 13.6. The molecule has 2 heterocycles. The van der Waals surface area contributed by atoms with Gasteiger partial charge in [-0.2, -0.15) is 0 Å². The predicted molar refractivity (Wildman–Crippen MR) is 75.3 cm³/mol. The van der Waals surface area contributed by atoms with Crippen LogP contribution < -0.4 is 5.69 Å². The standard InChI is InChI=1S/C13H11FN4O2S/c1-18-12(19)16-17-13(18)21-7-10-6-20-11(15-10)8-2-4-9(14)5-3-8/h2-6H,7H2,1H3,(H,16,19). The summed E-state index contributed by atoms with van der Waals surface area (Å²) in [5.74, 6) is 0.644. The monoisotopic (exact) mass is 306 g/mol. The van der Waals surface area contributed by atoms with Crippen molar-refractivity contribution >= 4 is 11.8 Å². The van der Waals surface area contributed by atoms with E-state index in [1.54, 1.807) is 19.2 Å². The van der Waals surface area contributed by atoms with Crippen molar-refractivity contribution in [2.24, 2.45) is 7.05 Å². The first-order chi connectivity index (χ1) is 10.1. The van der Waals surface area contributed by atoms with Gasteiger partial charge in [-0.15, -0.1) is 5.10 Å². The van der Waals surface area contributed by atoms with Gasteiger partial charge in [0.1, 0.15) is 12.1 Å². The number of rotatable bonds is 4. The van der Waals surface area contributed by atoms with E-state index in [2.05, 4.69) is 15.2 Å². The van der Waals surface area contributed by atoms with Crippen LogP contribution in [0.1, 0.15) is 5.69 Å². The molecule has 3 aromatic rings. The van der Waals surface area contributed by atoms with E-state index in [4.69, 9.17) is 4.42 Å². The summed E-state index contributed by atoms with van der Waals surface area (Å²) in [6.45, 7) is 0. The topological polar surface area (TPSA) is 76.7 Å². The summed E-state index contributed by atoms with van der Waals surface area (Å²) in [4.78, 5) is 15.6. The van der Waals surface area contributed by atoms with Gasteiger partial charge in [0, 0.05) is 18.4 Å². The maximum Gasteiger partial charge on any atom is 0.343 e. The lowest BCUT2D eigenvalue weighted by atomic mass is 10.2. The SMILES string of the molecule is Cn1c(SCc2coc(-c3ccc(F)cc3)n2)n[nH]c1=O. The quantitative estimate of drug-likeness (QED) is 0.748. The fraction of sp³-hybridized carbons (Fsp3) is 0.154. The number of aromatic amines is 1. The molecule has 0 saturated heterocycles. The predicted octanol–water partition coefficient (Wildman–Crippen LogP) is 2.19. The first-order valence-corrected chi connectivity index (χ1v) is 7.06. The van der Waals surface area contributed by atoms with E-state index in [-0.39, 0.29) is 11.5 Å². The number of hydrogen-bond donors (Lipinski definition) is 1. The van der Waals surface area contributed by atoms with E-state index in [1.165, 1.54) is 34.7 Å². The van der Waals surface area contributed by atoms with Gasteiger partial charge >= 0.3 is 5.69 Å². The molecular weight excluding hydrogens is 295 g/mol. The summed E-state index contributed by atoms with van der Waals surface area (Å²) in [5.41, 5.74) is 1.17. The van der Waals surface area contributed by atoms with Gasteiger partial charge in [-0.1, -0.05) is 11.8 Å². The molecule has 8 heteroatoms. The average molecular weight is 306 g/mol. The largest absolute Gasteiger partial charge is 0.444 e. The molecule has 0 unspecified atom stereocenters. The van der Waals surface area contributed by atoms with Crippen molar-refractivity contribution in [2.45, 2.75) is 10.9 Å². The second kappa shape index (κ2) is 5.57. The van der Waals surface area contributed by atoms with Crippen molar-refractivity contribution in [3.63, 3.8) is 0 Å². The maximum absolute atomic E-state index is 12.9. The van der Waals surface area contributed by atoms with Crippen LogP contribution in [0.2, 0.25) is 0 Å². The van der Waals surface area contributed by atoms with E-state index in [0.29, 0.717) is 22.4 Å². The minimum absolute atomic E-state index is 0.260. The normalized spacial score (nSPS) is 11.0. The zero-order valence-corrected chi connectivity index (χ0v) is 11.9. The molecule has 1 N–H and O–H groups in total. The van der Waals surface area contributed by atoms with E-state index in [9.17, 15) is 9.18 Å². The summed E-state index contributed by atoms with van der Waals surface area (Å²) < 4.78 is 19.7. The van der Waals surface area contributed by atoms with Crippen molar-refractivity contribution in [2.75, 3.05) is 0 Å². The number of hydrogen-bond acceptors (Lipinski definition) is 5. The molecule has 21 heavy (non-hydrogen) atoms. The molecule has 0 amide bonds. The zero-order chi connectivity index (χ0) is 14.8. The first-order valence-electron chi connectivity index (χ1n) is 6.08. The highest BCUT2D eigenvalue weighted by molar-refractivity contribution is 7.98. The highest BCUT2D eigenvalue weighted by atomic mass is 32.2. The van der Waals surface area contributed by atoms with Crippen molar-refractivity contribution in [3.8, 4) is 11.5 Å². The number of halogens is 1. The van der Waals surface area contributed by atoms with Gasteiger partial charge in [-0.25, -0.2) is 19.3 Å². The lowest BCUT2D eigenvalue weighted by molar-refractivity contribution is 0.572. The Morgan fingerprint density at radius 2 is 2.14 bits per heavy atom. The van der Waals surface area contributed by atoms with Crippen LogP contribution >= 0.6 is 11.8 Å². The molecule has 6 nitrogen and oxygen atoms in total. The van der Waals surface area contributed by atoms with Crippen LogP contribution in [0.15, 0.2) is 44.9 Å². The molecule has 0 aliphatic rings. The van der Waals surface area contributed by atoms with Crippen LogP contribution in [0.5, 0.6) is 0 Å². The Hall–Kier alpha value is -2.35. The molecular formula is C13H11FN4O2S. The lowest BCUT2D eigenvalue weighted by Crippen LogP contribution is -2.12. The Kier molecular flexibility index (Phi) is 3.61. The summed E-state index contributed by atoms with van der Waals surface area (Å²) in [5, 5.41) is 6.84. The number of benzene rings is 1. The van der Waals surface area contributed by atoms with Crippen molar-refractivity contribution < 1.29 is 8.81 Å². The van der Waals surface area contributed by atoms with Gasteiger partial charge < -0.3 is 4.42 Å². The van der Waals surface area contributed by atoms with Gasteiger partial charge in [0.05, 0.1) is 5.69 Å². The van der Waals surface area contributed by atoms with Crippen molar-refractivity contribution in [1.82, 2.24) is 19.7 Å². The second-order valence-corrected chi connectivity index (χ2v) is 5.25. The molecule has 2 aromatic heterocycles.